The molecule has 1 aromatic carbocycles. The summed E-state index contributed by atoms with van der Waals surface area (Å²) in [6.07, 6.45) is 4.38. The van der Waals surface area contributed by atoms with Crippen molar-refractivity contribution in [3.63, 3.8) is 0 Å². The Morgan fingerprint density at radius 3 is 2.80 bits per heavy atom. The molecule has 0 saturated heterocycles. The molecule has 0 radical (unpaired) electrons. The highest BCUT2D eigenvalue weighted by molar-refractivity contribution is 7.99. The first kappa shape index (κ1) is 20.3. The van der Waals surface area contributed by atoms with E-state index in [-0.39, 0.29) is 0 Å². The van der Waals surface area contributed by atoms with Crippen molar-refractivity contribution in [1.82, 2.24) is 10.6 Å². The molecule has 1 aliphatic rings. The fraction of sp³-hybridized carbons (Fsp3) is 0.632. The summed E-state index contributed by atoms with van der Waals surface area (Å²) in [5.74, 6) is 2.62. The summed E-state index contributed by atoms with van der Waals surface area (Å²) >= 11 is 1.83. The quantitative estimate of drug-likeness (QED) is 0.314. The third-order valence-corrected chi connectivity index (χ3v) is 7.07. The van der Waals surface area contributed by atoms with Crippen molar-refractivity contribution in [2.24, 2.45) is 4.99 Å². The van der Waals surface area contributed by atoms with Crippen LogP contribution < -0.4 is 10.6 Å². The SMILES string of the molecule is CCNC(=NCCSc1ccccc1)NC1CCCC(S(=O)CC)C1. The lowest BCUT2D eigenvalue weighted by molar-refractivity contribution is 0.413. The lowest BCUT2D eigenvalue weighted by Gasteiger charge is -2.30. The smallest absolute Gasteiger partial charge is 0.191 e. The number of nitrogens with one attached hydrogen (secondary N) is 2. The maximum atomic E-state index is 12.1. The van der Waals surface area contributed by atoms with E-state index in [2.05, 4.69) is 41.8 Å². The van der Waals surface area contributed by atoms with Gasteiger partial charge in [0.15, 0.2) is 5.96 Å². The highest BCUT2D eigenvalue weighted by Crippen LogP contribution is 2.23. The van der Waals surface area contributed by atoms with Crippen LogP contribution in [-0.4, -0.2) is 46.1 Å². The lowest BCUT2D eigenvalue weighted by Crippen LogP contribution is -2.46. The van der Waals surface area contributed by atoms with Crippen LogP contribution in [0.25, 0.3) is 0 Å². The topological polar surface area (TPSA) is 53.5 Å². The van der Waals surface area contributed by atoms with Crippen LogP contribution in [0.1, 0.15) is 39.5 Å². The minimum Gasteiger partial charge on any atom is -0.357 e. The molecule has 3 atom stereocenters. The molecule has 6 heteroatoms. The van der Waals surface area contributed by atoms with Crippen LogP contribution in [-0.2, 0) is 10.8 Å². The first-order valence-electron chi connectivity index (χ1n) is 9.32. The third-order valence-electron chi connectivity index (χ3n) is 4.34. The number of guanidine groups is 1. The molecule has 3 unspecified atom stereocenters. The second-order valence-electron chi connectivity index (χ2n) is 6.22. The molecule has 140 valence electrons. The minimum absolute atomic E-state index is 0.341. The van der Waals surface area contributed by atoms with Crippen LogP contribution in [0.2, 0.25) is 0 Å². The van der Waals surface area contributed by atoms with E-state index in [4.69, 9.17) is 4.99 Å². The average molecular weight is 382 g/mol. The zero-order chi connectivity index (χ0) is 17.9. The van der Waals surface area contributed by atoms with Crippen molar-refractivity contribution in [2.45, 2.75) is 55.7 Å². The van der Waals surface area contributed by atoms with E-state index in [9.17, 15) is 4.21 Å². The molecule has 2 N–H and O–H groups in total. The van der Waals surface area contributed by atoms with Crippen LogP contribution in [0.4, 0.5) is 0 Å². The van der Waals surface area contributed by atoms with Crippen molar-refractivity contribution in [3.8, 4) is 0 Å². The van der Waals surface area contributed by atoms with Crippen LogP contribution >= 0.6 is 11.8 Å². The van der Waals surface area contributed by atoms with Crippen molar-refractivity contribution >= 4 is 28.5 Å². The molecule has 1 aromatic rings. The van der Waals surface area contributed by atoms with E-state index in [0.29, 0.717) is 11.3 Å². The number of thioether (sulfide) groups is 1. The van der Waals surface area contributed by atoms with Crippen LogP contribution in [0.3, 0.4) is 0 Å². The van der Waals surface area contributed by atoms with Crippen molar-refractivity contribution in [2.75, 3.05) is 24.6 Å². The second kappa shape index (κ2) is 11.6. The maximum Gasteiger partial charge on any atom is 0.191 e. The minimum atomic E-state index is -0.684. The van der Waals surface area contributed by atoms with Crippen molar-refractivity contribution in [3.05, 3.63) is 30.3 Å². The maximum absolute atomic E-state index is 12.1. The summed E-state index contributed by atoms with van der Waals surface area (Å²) in [5, 5.41) is 7.24. The van der Waals surface area contributed by atoms with Crippen LogP contribution in [0.5, 0.6) is 0 Å². The predicted molar refractivity (Wildman–Crippen MR) is 111 cm³/mol. The number of benzene rings is 1. The van der Waals surface area contributed by atoms with E-state index >= 15 is 0 Å². The molecule has 1 aliphatic carbocycles. The summed E-state index contributed by atoms with van der Waals surface area (Å²) in [6, 6.07) is 10.8. The molecule has 0 aliphatic heterocycles. The Labute approximate surface area is 159 Å². The van der Waals surface area contributed by atoms with Gasteiger partial charge < -0.3 is 10.6 Å². The van der Waals surface area contributed by atoms with Crippen molar-refractivity contribution in [1.29, 1.82) is 0 Å². The summed E-state index contributed by atoms with van der Waals surface area (Å²) < 4.78 is 12.1. The fourth-order valence-corrected chi connectivity index (χ4v) is 5.22. The van der Waals surface area contributed by atoms with Gasteiger partial charge >= 0.3 is 0 Å². The van der Waals surface area contributed by atoms with E-state index in [1.165, 1.54) is 4.90 Å². The van der Waals surface area contributed by atoms with E-state index in [0.717, 1.165) is 56.2 Å². The number of hydrogen-bond donors (Lipinski definition) is 2. The standard InChI is InChI=1S/C19H31N3OS2/c1-3-20-19(21-13-14-24-17-10-6-5-7-11-17)22-16-9-8-12-18(15-16)25(23)4-2/h5-7,10-11,16,18H,3-4,8-9,12-15H2,1-2H3,(H2,20,21,22). The molecular formula is C19H31N3OS2. The molecule has 0 aromatic heterocycles. The largest absolute Gasteiger partial charge is 0.357 e. The van der Waals surface area contributed by atoms with Gasteiger partial charge in [-0.15, -0.1) is 11.8 Å². The molecule has 25 heavy (non-hydrogen) atoms. The van der Waals surface area contributed by atoms with Gasteiger partial charge in [-0.25, -0.2) is 0 Å². The highest BCUT2D eigenvalue weighted by atomic mass is 32.2. The Morgan fingerprint density at radius 1 is 1.28 bits per heavy atom. The average Bonchev–Trinajstić information content (AvgIpc) is 2.65. The Morgan fingerprint density at radius 2 is 2.08 bits per heavy atom. The van der Waals surface area contributed by atoms with Gasteiger partial charge in [0.05, 0.1) is 6.54 Å². The number of rotatable bonds is 8. The fourth-order valence-electron chi connectivity index (χ4n) is 3.10. The molecule has 1 fully saturated rings. The second-order valence-corrected chi connectivity index (χ2v) is 9.40. The Hall–Kier alpha value is -1.01. The summed E-state index contributed by atoms with van der Waals surface area (Å²) in [7, 11) is -0.684. The molecule has 0 spiro atoms. The number of aliphatic imine (C=N–C) groups is 1. The Kier molecular flexibility index (Phi) is 9.40. The molecule has 0 bridgehead atoms. The van der Waals surface area contributed by atoms with E-state index in [1.54, 1.807) is 0 Å². The van der Waals surface area contributed by atoms with Gasteiger partial charge in [-0.2, -0.15) is 0 Å². The molecule has 4 nitrogen and oxygen atoms in total. The molecule has 2 rings (SSSR count). The Balaban J connectivity index is 1.81. The molecule has 0 heterocycles. The zero-order valence-corrected chi connectivity index (χ0v) is 17.0. The first-order valence-corrected chi connectivity index (χ1v) is 11.7. The summed E-state index contributed by atoms with van der Waals surface area (Å²) in [4.78, 5) is 6.00. The van der Waals surface area contributed by atoms with Crippen LogP contribution in [0.15, 0.2) is 40.2 Å². The van der Waals surface area contributed by atoms with Gasteiger partial charge in [-0.05, 0) is 38.3 Å². The molecular weight excluding hydrogens is 350 g/mol. The highest BCUT2D eigenvalue weighted by Gasteiger charge is 2.25. The van der Waals surface area contributed by atoms with Gasteiger partial charge in [-0.3, -0.25) is 9.20 Å². The van der Waals surface area contributed by atoms with Crippen molar-refractivity contribution < 1.29 is 4.21 Å². The summed E-state index contributed by atoms with van der Waals surface area (Å²) in [5.41, 5.74) is 0. The van der Waals surface area contributed by atoms with Crippen LogP contribution in [0, 0.1) is 0 Å². The number of hydrogen-bond acceptors (Lipinski definition) is 3. The summed E-state index contributed by atoms with van der Waals surface area (Å²) in [6.45, 7) is 5.75. The third kappa shape index (κ3) is 7.40. The van der Waals surface area contributed by atoms with Gasteiger partial charge in [0.2, 0.25) is 0 Å². The van der Waals surface area contributed by atoms with Gasteiger partial charge in [-0.1, -0.05) is 31.5 Å². The molecule has 0 amide bonds. The lowest BCUT2D eigenvalue weighted by atomic mass is 9.95. The van der Waals surface area contributed by atoms with Gasteiger partial charge in [0, 0.05) is 45.0 Å². The number of nitrogens with zero attached hydrogens (tertiary/aromatic N) is 1. The predicted octanol–water partition coefficient (Wildman–Crippen LogP) is 3.41. The monoisotopic (exact) mass is 381 g/mol. The van der Waals surface area contributed by atoms with E-state index < -0.39 is 10.8 Å². The first-order chi connectivity index (χ1) is 12.2. The van der Waals surface area contributed by atoms with E-state index in [1.807, 2.05) is 24.8 Å². The normalized spacial score (nSPS) is 22.4. The van der Waals surface area contributed by atoms with Gasteiger partial charge in [0.25, 0.3) is 0 Å². The van der Waals surface area contributed by atoms with Gasteiger partial charge in [0.1, 0.15) is 0 Å². The molecule has 1 saturated carbocycles. The zero-order valence-electron chi connectivity index (χ0n) is 15.4. The Bertz CT molecular complexity index is 551.